The zero-order valence-electron chi connectivity index (χ0n) is 15.3. The van der Waals surface area contributed by atoms with E-state index in [9.17, 15) is 4.79 Å². The molecule has 1 aliphatic rings. The van der Waals surface area contributed by atoms with Crippen molar-refractivity contribution in [1.82, 2.24) is 15.0 Å². The van der Waals surface area contributed by atoms with Gasteiger partial charge in [-0.2, -0.15) is 4.98 Å². The summed E-state index contributed by atoms with van der Waals surface area (Å²) >= 11 is 6.15. The Balaban J connectivity index is 1.36. The van der Waals surface area contributed by atoms with Crippen molar-refractivity contribution < 1.29 is 9.32 Å². The standard InChI is InChI=1S/C21H21ClN4O2/c22-17-10-4-5-11-18(17)23-21(27)26-14-6-9-16(26)12-13-19-24-20(28-25-19)15-7-2-1-3-8-15/h1-5,7-8,10-11,16H,6,9,12-14H2,(H,23,27). The number of benzene rings is 2. The molecule has 2 heterocycles. The topological polar surface area (TPSA) is 71.3 Å². The van der Waals surface area contributed by atoms with E-state index in [2.05, 4.69) is 15.5 Å². The van der Waals surface area contributed by atoms with E-state index < -0.39 is 0 Å². The van der Waals surface area contributed by atoms with Crippen molar-refractivity contribution in [2.45, 2.75) is 31.7 Å². The number of carbonyl (C=O) groups excluding carboxylic acids is 1. The van der Waals surface area contributed by atoms with Crippen LogP contribution in [0.5, 0.6) is 0 Å². The van der Waals surface area contributed by atoms with Crippen LogP contribution in [0.3, 0.4) is 0 Å². The van der Waals surface area contributed by atoms with Gasteiger partial charge in [-0.1, -0.05) is 47.1 Å². The van der Waals surface area contributed by atoms with E-state index in [0.717, 1.165) is 31.4 Å². The van der Waals surface area contributed by atoms with Crippen LogP contribution in [0.1, 0.15) is 25.1 Å². The van der Waals surface area contributed by atoms with Crippen LogP contribution in [-0.4, -0.2) is 33.7 Å². The molecule has 0 aliphatic carbocycles. The van der Waals surface area contributed by atoms with Gasteiger partial charge in [-0.15, -0.1) is 0 Å². The summed E-state index contributed by atoms with van der Waals surface area (Å²) in [4.78, 5) is 19.0. The van der Waals surface area contributed by atoms with Crippen LogP contribution in [0.15, 0.2) is 59.1 Å². The fraction of sp³-hybridized carbons (Fsp3) is 0.286. The van der Waals surface area contributed by atoms with Gasteiger partial charge in [-0.05, 0) is 43.5 Å². The molecule has 1 unspecified atom stereocenters. The second-order valence-corrected chi connectivity index (χ2v) is 7.23. The number of nitrogens with zero attached hydrogens (tertiary/aromatic N) is 3. The lowest BCUT2D eigenvalue weighted by Gasteiger charge is -2.25. The molecule has 0 spiro atoms. The van der Waals surface area contributed by atoms with Crippen molar-refractivity contribution in [2.75, 3.05) is 11.9 Å². The van der Waals surface area contributed by atoms with E-state index >= 15 is 0 Å². The average molecular weight is 397 g/mol. The molecular weight excluding hydrogens is 376 g/mol. The van der Waals surface area contributed by atoms with Crippen molar-refractivity contribution in [1.29, 1.82) is 0 Å². The summed E-state index contributed by atoms with van der Waals surface area (Å²) in [6.45, 7) is 0.739. The van der Waals surface area contributed by atoms with Crippen LogP contribution < -0.4 is 5.32 Å². The molecule has 6 nitrogen and oxygen atoms in total. The van der Waals surface area contributed by atoms with E-state index in [1.54, 1.807) is 12.1 Å². The Morgan fingerprint density at radius 3 is 2.79 bits per heavy atom. The normalized spacial score (nSPS) is 16.3. The van der Waals surface area contributed by atoms with E-state index in [1.807, 2.05) is 47.4 Å². The molecular formula is C21H21ClN4O2. The minimum atomic E-state index is -0.117. The third kappa shape index (κ3) is 4.17. The molecule has 7 heteroatoms. The number of anilines is 1. The monoisotopic (exact) mass is 396 g/mol. The summed E-state index contributed by atoms with van der Waals surface area (Å²) in [5, 5.41) is 7.53. The Morgan fingerprint density at radius 2 is 1.96 bits per heavy atom. The lowest BCUT2D eigenvalue weighted by molar-refractivity contribution is 0.203. The van der Waals surface area contributed by atoms with Gasteiger partial charge in [-0.3, -0.25) is 0 Å². The van der Waals surface area contributed by atoms with Crippen LogP contribution in [0.4, 0.5) is 10.5 Å². The molecule has 4 rings (SSSR count). The molecule has 0 saturated carbocycles. The summed E-state index contributed by atoms with van der Waals surface area (Å²) in [5.41, 5.74) is 1.54. The lowest BCUT2D eigenvalue weighted by Crippen LogP contribution is -2.39. The molecule has 1 fully saturated rings. The van der Waals surface area contributed by atoms with E-state index in [-0.39, 0.29) is 12.1 Å². The molecule has 1 aromatic heterocycles. The molecule has 3 aromatic rings. The highest BCUT2D eigenvalue weighted by Crippen LogP contribution is 2.25. The minimum absolute atomic E-state index is 0.117. The quantitative estimate of drug-likeness (QED) is 0.657. The summed E-state index contributed by atoms with van der Waals surface area (Å²) in [6, 6.07) is 17.0. The molecule has 1 N–H and O–H groups in total. The fourth-order valence-electron chi connectivity index (χ4n) is 3.50. The molecule has 0 radical (unpaired) electrons. The lowest BCUT2D eigenvalue weighted by atomic mass is 10.1. The Hall–Kier alpha value is -2.86. The first kappa shape index (κ1) is 18.5. The number of aryl methyl sites for hydroxylation is 1. The summed E-state index contributed by atoms with van der Waals surface area (Å²) in [6.07, 6.45) is 3.42. The molecule has 28 heavy (non-hydrogen) atoms. The highest BCUT2D eigenvalue weighted by atomic mass is 35.5. The van der Waals surface area contributed by atoms with Crippen molar-refractivity contribution >= 4 is 23.3 Å². The smallest absolute Gasteiger partial charge is 0.322 e. The van der Waals surface area contributed by atoms with Crippen LogP contribution in [0, 0.1) is 0 Å². The summed E-state index contributed by atoms with van der Waals surface area (Å²) in [5.74, 6) is 1.19. The number of aromatic nitrogens is 2. The van der Waals surface area contributed by atoms with Crippen molar-refractivity contribution in [3.8, 4) is 11.5 Å². The van der Waals surface area contributed by atoms with Gasteiger partial charge in [0.15, 0.2) is 5.82 Å². The van der Waals surface area contributed by atoms with Gasteiger partial charge in [0.1, 0.15) is 0 Å². The van der Waals surface area contributed by atoms with Gasteiger partial charge in [0.2, 0.25) is 0 Å². The number of likely N-dealkylation sites (tertiary alicyclic amines) is 1. The Morgan fingerprint density at radius 1 is 1.18 bits per heavy atom. The average Bonchev–Trinajstić information content (AvgIpc) is 3.38. The van der Waals surface area contributed by atoms with E-state index in [1.165, 1.54) is 0 Å². The molecule has 2 aromatic carbocycles. The highest BCUT2D eigenvalue weighted by molar-refractivity contribution is 6.33. The number of rotatable bonds is 5. The third-order valence-corrected chi connectivity index (χ3v) is 5.27. The number of hydrogen-bond acceptors (Lipinski definition) is 4. The van der Waals surface area contributed by atoms with Crippen molar-refractivity contribution in [3.63, 3.8) is 0 Å². The van der Waals surface area contributed by atoms with Crippen molar-refractivity contribution in [2.24, 2.45) is 0 Å². The molecule has 1 atom stereocenters. The number of carbonyl (C=O) groups is 1. The maximum absolute atomic E-state index is 12.7. The van der Waals surface area contributed by atoms with Gasteiger partial charge in [-0.25, -0.2) is 4.79 Å². The van der Waals surface area contributed by atoms with Crippen LogP contribution in [-0.2, 0) is 6.42 Å². The van der Waals surface area contributed by atoms with Gasteiger partial charge in [0, 0.05) is 24.6 Å². The second-order valence-electron chi connectivity index (χ2n) is 6.82. The number of hydrogen-bond donors (Lipinski definition) is 1. The largest absolute Gasteiger partial charge is 0.334 e. The number of urea groups is 1. The molecule has 144 valence electrons. The Labute approximate surface area is 168 Å². The molecule has 1 saturated heterocycles. The summed E-state index contributed by atoms with van der Waals surface area (Å²) < 4.78 is 5.36. The second kappa shape index (κ2) is 8.44. The number of halogens is 1. The Bertz CT molecular complexity index is 944. The van der Waals surface area contributed by atoms with Gasteiger partial charge in [0.25, 0.3) is 5.89 Å². The van der Waals surface area contributed by atoms with Crippen LogP contribution in [0.2, 0.25) is 5.02 Å². The zero-order valence-corrected chi connectivity index (χ0v) is 16.1. The van der Waals surface area contributed by atoms with Gasteiger partial charge in [0.05, 0.1) is 10.7 Å². The van der Waals surface area contributed by atoms with Crippen molar-refractivity contribution in [3.05, 3.63) is 65.4 Å². The van der Waals surface area contributed by atoms with Crippen LogP contribution >= 0.6 is 11.6 Å². The minimum Gasteiger partial charge on any atom is -0.334 e. The maximum atomic E-state index is 12.7. The first-order valence-corrected chi connectivity index (χ1v) is 9.78. The number of amides is 2. The SMILES string of the molecule is O=C(Nc1ccccc1Cl)N1CCCC1CCc1noc(-c2ccccc2)n1. The fourth-order valence-corrected chi connectivity index (χ4v) is 3.68. The van der Waals surface area contributed by atoms with Gasteiger partial charge < -0.3 is 14.7 Å². The Kier molecular flexibility index (Phi) is 5.58. The maximum Gasteiger partial charge on any atom is 0.322 e. The first-order valence-electron chi connectivity index (χ1n) is 9.41. The number of para-hydroxylation sites is 1. The molecule has 1 aliphatic heterocycles. The van der Waals surface area contributed by atoms with E-state index in [4.69, 9.17) is 16.1 Å². The molecule has 0 bridgehead atoms. The highest BCUT2D eigenvalue weighted by Gasteiger charge is 2.29. The zero-order chi connectivity index (χ0) is 19.3. The van der Waals surface area contributed by atoms with Gasteiger partial charge >= 0.3 is 6.03 Å². The van der Waals surface area contributed by atoms with Crippen LogP contribution in [0.25, 0.3) is 11.5 Å². The summed E-state index contributed by atoms with van der Waals surface area (Å²) in [7, 11) is 0. The first-order chi connectivity index (χ1) is 13.7. The number of nitrogens with one attached hydrogen (secondary N) is 1. The van der Waals surface area contributed by atoms with E-state index in [0.29, 0.717) is 28.8 Å². The predicted octanol–water partition coefficient (Wildman–Crippen LogP) is 5.02. The third-order valence-electron chi connectivity index (χ3n) is 4.94. The molecule has 2 amide bonds. The predicted molar refractivity (Wildman–Crippen MR) is 108 cm³/mol.